The number of anilines is 1. The number of hydrogen-bond acceptors (Lipinski definition) is 5. The molecule has 1 heterocycles. The number of nitrogens with zero attached hydrogens (tertiary/aromatic N) is 1. The van der Waals surface area contributed by atoms with E-state index in [0.717, 1.165) is 4.47 Å². The molecule has 0 unspecified atom stereocenters. The summed E-state index contributed by atoms with van der Waals surface area (Å²) in [5, 5.41) is 0. The van der Waals surface area contributed by atoms with Gasteiger partial charge in [-0.2, -0.15) is 0 Å². The highest BCUT2D eigenvalue weighted by molar-refractivity contribution is 9.10. The molecule has 5 nitrogen and oxygen atoms in total. The second-order valence-corrected chi connectivity index (χ2v) is 5.12. The zero-order valence-corrected chi connectivity index (χ0v) is 13.7. The van der Waals surface area contributed by atoms with E-state index in [1.807, 2.05) is 24.3 Å². The molecule has 0 fully saturated rings. The number of halogens is 1. The molecule has 0 amide bonds. The number of methoxy groups -OCH3 is 2. The Labute approximate surface area is 136 Å². The third-order valence-corrected chi connectivity index (χ3v) is 3.67. The number of benzene rings is 1. The van der Waals surface area contributed by atoms with Crippen LogP contribution in [0, 0.1) is 0 Å². The van der Waals surface area contributed by atoms with Crippen LogP contribution in [0.5, 0.6) is 0 Å². The molecule has 0 aliphatic carbocycles. The van der Waals surface area contributed by atoms with Gasteiger partial charge in [0.05, 0.1) is 25.5 Å². The standard InChI is InChI=1S/C16H14BrNO4/c1-21-15(19)11-7-5-6-10-18(14(11)16(20)22-2)13-9-4-3-8-12(13)17/h3-10H,1-2H3. The Morgan fingerprint density at radius 3 is 2.36 bits per heavy atom. The molecule has 0 bridgehead atoms. The summed E-state index contributed by atoms with van der Waals surface area (Å²) < 4.78 is 10.4. The zero-order chi connectivity index (χ0) is 16.1. The topological polar surface area (TPSA) is 55.8 Å². The number of allylic oxidation sites excluding steroid dienone is 2. The summed E-state index contributed by atoms with van der Waals surface area (Å²) in [4.78, 5) is 25.8. The van der Waals surface area contributed by atoms with Crippen LogP contribution in [-0.2, 0) is 19.1 Å². The molecule has 1 aromatic carbocycles. The van der Waals surface area contributed by atoms with E-state index in [1.165, 1.54) is 20.3 Å². The molecular formula is C16H14BrNO4. The summed E-state index contributed by atoms with van der Waals surface area (Å²) in [5.74, 6) is -1.25. The fraction of sp³-hybridized carbons (Fsp3) is 0.125. The average molecular weight is 364 g/mol. The molecular weight excluding hydrogens is 350 g/mol. The van der Waals surface area contributed by atoms with Gasteiger partial charge in [-0.25, -0.2) is 9.59 Å². The van der Waals surface area contributed by atoms with Gasteiger partial charge in [0.25, 0.3) is 0 Å². The summed E-state index contributed by atoms with van der Waals surface area (Å²) >= 11 is 3.44. The summed E-state index contributed by atoms with van der Waals surface area (Å²) in [6, 6.07) is 7.35. The fourth-order valence-electron chi connectivity index (χ4n) is 2.00. The van der Waals surface area contributed by atoms with Gasteiger partial charge in [0.15, 0.2) is 0 Å². The summed E-state index contributed by atoms with van der Waals surface area (Å²) in [7, 11) is 2.53. The van der Waals surface area contributed by atoms with Crippen LogP contribution in [-0.4, -0.2) is 26.2 Å². The van der Waals surface area contributed by atoms with Crippen molar-refractivity contribution in [1.82, 2.24) is 0 Å². The van der Waals surface area contributed by atoms with Crippen LogP contribution < -0.4 is 4.90 Å². The van der Waals surface area contributed by atoms with Crippen LogP contribution >= 0.6 is 15.9 Å². The van der Waals surface area contributed by atoms with Crippen molar-refractivity contribution in [3.05, 3.63) is 64.4 Å². The van der Waals surface area contributed by atoms with Crippen LogP contribution in [0.3, 0.4) is 0 Å². The molecule has 22 heavy (non-hydrogen) atoms. The second-order valence-electron chi connectivity index (χ2n) is 4.27. The fourth-order valence-corrected chi connectivity index (χ4v) is 2.47. The quantitative estimate of drug-likeness (QED) is 0.772. The first-order valence-electron chi connectivity index (χ1n) is 6.39. The summed E-state index contributed by atoms with van der Waals surface area (Å²) in [5.41, 5.74) is 0.908. The number of rotatable bonds is 3. The average Bonchev–Trinajstić information content (AvgIpc) is 2.76. The molecule has 0 saturated carbocycles. The van der Waals surface area contributed by atoms with E-state index >= 15 is 0 Å². The molecule has 0 atom stereocenters. The van der Waals surface area contributed by atoms with Crippen molar-refractivity contribution >= 4 is 33.6 Å². The first-order chi connectivity index (χ1) is 10.6. The van der Waals surface area contributed by atoms with Crippen molar-refractivity contribution < 1.29 is 19.1 Å². The van der Waals surface area contributed by atoms with E-state index in [4.69, 9.17) is 9.47 Å². The maximum atomic E-state index is 12.2. The molecule has 2 rings (SSSR count). The monoisotopic (exact) mass is 363 g/mol. The third kappa shape index (κ3) is 3.12. The third-order valence-electron chi connectivity index (χ3n) is 3.00. The lowest BCUT2D eigenvalue weighted by Gasteiger charge is -2.24. The first-order valence-corrected chi connectivity index (χ1v) is 7.19. The van der Waals surface area contributed by atoms with Gasteiger partial charge in [-0.05, 0) is 40.2 Å². The van der Waals surface area contributed by atoms with Crippen molar-refractivity contribution in [1.29, 1.82) is 0 Å². The zero-order valence-electron chi connectivity index (χ0n) is 12.1. The SMILES string of the molecule is COC(=O)C1=C(C(=O)OC)N(c2ccccc2Br)C=CC=C1. The minimum Gasteiger partial charge on any atom is -0.465 e. The lowest BCUT2D eigenvalue weighted by molar-refractivity contribution is -0.139. The Kier molecular flexibility index (Phi) is 5.16. The van der Waals surface area contributed by atoms with Crippen molar-refractivity contribution in [3.8, 4) is 0 Å². The van der Waals surface area contributed by atoms with Crippen LogP contribution in [0.25, 0.3) is 0 Å². The molecule has 1 aromatic rings. The molecule has 114 valence electrons. The molecule has 0 spiro atoms. The second kappa shape index (κ2) is 7.09. The van der Waals surface area contributed by atoms with Crippen molar-refractivity contribution in [2.75, 3.05) is 19.1 Å². The number of carbonyl (C=O) groups excluding carboxylic acids is 2. The van der Waals surface area contributed by atoms with Crippen molar-refractivity contribution in [2.45, 2.75) is 0 Å². The smallest absolute Gasteiger partial charge is 0.355 e. The summed E-state index contributed by atoms with van der Waals surface area (Å²) in [6.07, 6.45) is 6.58. The Balaban J connectivity index is 2.67. The van der Waals surface area contributed by atoms with Gasteiger partial charge >= 0.3 is 11.9 Å². The Bertz CT molecular complexity index is 691. The van der Waals surface area contributed by atoms with E-state index in [-0.39, 0.29) is 11.3 Å². The highest BCUT2D eigenvalue weighted by atomic mass is 79.9. The normalized spacial score (nSPS) is 13.9. The van der Waals surface area contributed by atoms with Crippen molar-refractivity contribution in [3.63, 3.8) is 0 Å². The molecule has 6 heteroatoms. The summed E-state index contributed by atoms with van der Waals surface area (Å²) in [6.45, 7) is 0. The lowest BCUT2D eigenvalue weighted by atomic mass is 10.1. The minimum atomic E-state index is -0.632. The Morgan fingerprint density at radius 2 is 1.73 bits per heavy atom. The van der Waals surface area contributed by atoms with E-state index in [1.54, 1.807) is 23.3 Å². The predicted octanol–water partition coefficient (Wildman–Crippen LogP) is 2.94. The minimum absolute atomic E-state index is 0.0891. The molecule has 1 aliphatic heterocycles. The molecule has 0 saturated heterocycles. The maximum Gasteiger partial charge on any atom is 0.355 e. The van der Waals surface area contributed by atoms with Crippen molar-refractivity contribution in [2.24, 2.45) is 0 Å². The Hall–Kier alpha value is -2.34. The van der Waals surface area contributed by atoms with Crippen LogP contribution in [0.2, 0.25) is 0 Å². The van der Waals surface area contributed by atoms with E-state index < -0.39 is 11.9 Å². The van der Waals surface area contributed by atoms with Gasteiger partial charge in [-0.3, -0.25) is 0 Å². The van der Waals surface area contributed by atoms with Crippen LogP contribution in [0.4, 0.5) is 5.69 Å². The first kappa shape index (κ1) is 16.0. The van der Waals surface area contributed by atoms with Crippen LogP contribution in [0.1, 0.15) is 0 Å². The van der Waals surface area contributed by atoms with E-state index in [2.05, 4.69) is 15.9 Å². The largest absolute Gasteiger partial charge is 0.465 e. The number of ether oxygens (including phenoxy) is 2. The highest BCUT2D eigenvalue weighted by Crippen LogP contribution is 2.31. The highest BCUT2D eigenvalue weighted by Gasteiger charge is 2.28. The Morgan fingerprint density at radius 1 is 1.05 bits per heavy atom. The van der Waals surface area contributed by atoms with Gasteiger partial charge in [-0.1, -0.05) is 18.2 Å². The van der Waals surface area contributed by atoms with Crippen LogP contribution in [0.15, 0.2) is 64.4 Å². The maximum absolute atomic E-state index is 12.2. The van der Waals surface area contributed by atoms with Gasteiger partial charge in [0.2, 0.25) is 0 Å². The van der Waals surface area contributed by atoms with E-state index in [0.29, 0.717) is 5.69 Å². The number of hydrogen-bond donors (Lipinski definition) is 0. The predicted molar refractivity (Wildman–Crippen MR) is 86.0 cm³/mol. The number of para-hydroxylation sites is 1. The van der Waals surface area contributed by atoms with E-state index in [9.17, 15) is 9.59 Å². The lowest BCUT2D eigenvalue weighted by Crippen LogP contribution is -2.27. The number of carbonyl (C=O) groups is 2. The van der Waals surface area contributed by atoms with Gasteiger partial charge in [0.1, 0.15) is 5.70 Å². The van der Waals surface area contributed by atoms with Gasteiger partial charge in [0, 0.05) is 10.7 Å². The molecule has 0 radical (unpaired) electrons. The molecule has 0 N–H and O–H groups in total. The van der Waals surface area contributed by atoms with Gasteiger partial charge in [-0.15, -0.1) is 0 Å². The molecule has 1 aliphatic rings. The number of esters is 2. The molecule has 0 aromatic heterocycles. The van der Waals surface area contributed by atoms with Gasteiger partial charge < -0.3 is 14.4 Å².